The summed E-state index contributed by atoms with van der Waals surface area (Å²) in [5.41, 5.74) is 2.83. The minimum Gasteiger partial charge on any atom is -0.494 e. The van der Waals surface area contributed by atoms with Gasteiger partial charge in [-0.1, -0.05) is 25.0 Å². The normalized spacial score (nSPS) is 15.7. The van der Waals surface area contributed by atoms with E-state index in [4.69, 9.17) is 14.5 Å². The molecule has 1 aromatic heterocycles. The van der Waals surface area contributed by atoms with E-state index in [-0.39, 0.29) is 0 Å². The molecule has 194 valence electrons. The molecule has 0 spiro atoms. The molecule has 1 aliphatic rings. The van der Waals surface area contributed by atoms with Gasteiger partial charge in [0.05, 0.1) is 22.9 Å². The van der Waals surface area contributed by atoms with Crippen molar-refractivity contribution in [1.29, 1.82) is 0 Å². The van der Waals surface area contributed by atoms with E-state index >= 15 is 0 Å². The van der Waals surface area contributed by atoms with Crippen molar-refractivity contribution in [3.05, 3.63) is 58.7 Å². The van der Waals surface area contributed by atoms with E-state index in [1.807, 2.05) is 43.3 Å². The molecule has 4 rings (SSSR count). The van der Waals surface area contributed by atoms with Crippen molar-refractivity contribution >= 4 is 27.0 Å². The summed E-state index contributed by atoms with van der Waals surface area (Å²) >= 11 is 1.57. The Hall–Kier alpha value is -2.46. The lowest BCUT2D eigenvalue weighted by Crippen LogP contribution is -2.31. The molecule has 0 unspecified atom stereocenters. The summed E-state index contributed by atoms with van der Waals surface area (Å²) in [6.07, 6.45) is 4.88. The third kappa shape index (κ3) is 6.45. The Morgan fingerprint density at radius 1 is 0.972 bits per heavy atom. The highest BCUT2D eigenvalue weighted by Crippen LogP contribution is 2.26. The van der Waals surface area contributed by atoms with E-state index < -0.39 is 10.0 Å². The number of hydrogen-bond acceptors (Lipinski definition) is 6. The van der Waals surface area contributed by atoms with Crippen LogP contribution in [0.2, 0.25) is 0 Å². The molecule has 0 atom stereocenters. The molecule has 7 nitrogen and oxygen atoms in total. The van der Waals surface area contributed by atoms with Gasteiger partial charge in [0, 0.05) is 38.7 Å². The first-order chi connectivity index (χ1) is 17.5. The van der Waals surface area contributed by atoms with E-state index in [0.717, 1.165) is 66.1 Å². The summed E-state index contributed by atoms with van der Waals surface area (Å²) in [7, 11) is -1.77. The van der Waals surface area contributed by atoms with Gasteiger partial charge in [0.25, 0.3) is 0 Å². The molecule has 9 heteroatoms. The number of methoxy groups -OCH3 is 1. The van der Waals surface area contributed by atoms with E-state index in [1.54, 1.807) is 34.9 Å². The van der Waals surface area contributed by atoms with Gasteiger partial charge >= 0.3 is 0 Å². The van der Waals surface area contributed by atoms with Crippen LogP contribution < -0.4 is 9.54 Å². The van der Waals surface area contributed by atoms with Crippen LogP contribution in [-0.2, 0) is 21.3 Å². The van der Waals surface area contributed by atoms with Gasteiger partial charge in [-0.2, -0.15) is 4.31 Å². The summed E-state index contributed by atoms with van der Waals surface area (Å²) in [5.74, 6) is 0.825. The number of thiazole rings is 1. The highest BCUT2D eigenvalue weighted by molar-refractivity contribution is 7.89. The molecule has 36 heavy (non-hydrogen) atoms. The zero-order chi connectivity index (χ0) is 25.4. The van der Waals surface area contributed by atoms with Crippen molar-refractivity contribution in [3.8, 4) is 17.0 Å². The second kappa shape index (κ2) is 12.7. The smallest absolute Gasteiger partial charge is 0.243 e. The van der Waals surface area contributed by atoms with E-state index in [0.29, 0.717) is 31.2 Å². The minimum absolute atomic E-state index is 0.355. The maximum atomic E-state index is 13.2. The number of hydrogen-bond donors (Lipinski definition) is 0. The molecule has 2 heterocycles. The van der Waals surface area contributed by atoms with Crippen molar-refractivity contribution in [2.45, 2.75) is 50.5 Å². The molecule has 1 aliphatic heterocycles. The van der Waals surface area contributed by atoms with Crippen LogP contribution in [0.15, 0.2) is 63.8 Å². The third-order valence-electron chi connectivity index (χ3n) is 6.25. The fraction of sp³-hybridized carbons (Fsp3) is 0.444. The van der Waals surface area contributed by atoms with Crippen molar-refractivity contribution in [3.63, 3.8) is 0 Å². The fourth-order valence-corrected chi connectivity index (χ4v) is 6.83. The summed E-state index contributed by atoms with van der Waals surface area (Å²) in [6.45, 7) is 5.19. The Kier molecular flexibility index (Phi) is 9.36. The minimum atomic E-state index is -3.47. The molecule has 0 amide bonds. The summed E-state index contributed by atoms with van der Waals surface area (Å²) in [4.78, 5) is 6.11. The molecular formula is C27H35N3O4S2. The molecule has 0 N–H and O–H groups in total. The maximum absolute atomic E-state index is 13.2. The average Bonchev–Trinajstić information content (AvgIpc) is 3.08. The maximum Gasteiger partial charge on any atom is 0.243 e. The predicted molar refractivity (Wildman–Crippen MR) is 144 cm³/mol. The number of rotatable bonds is 10. The van der Waals surface area contributed by atoms with Gasteiger partial charge in [0.2, 0.25) is 10.0 Å². The van der Waals surface area contributed by atoms with Gasteiger partial charge in [-0.25, -0.2) is 13.4 Å². The zero-order valence-electron chi connectivity index (χ0n) is 21.1. The van der Waals surface area contributed by atoms with Crippen LogP contribution in [0.5, 0.6) is 5.75 Å². The number of sulfonamides is 1. The predicted octanol–water partition coefficient (Wildman–Crippen LogP) is 5.45. The van der Waals surface area contributed by atoms with Crippen LogP contribution in [0.4, 0.5) is 5.69 Å². The van der Waals surface area contributed by atoms with Gasteiger partial charge in [-0.3, -0.25) is 0 Å². The Morgan fingerprint density at radius 3 is 2.31 bits per heavy atom. The zero-order valence-corrected chi connectivity index (χ0v) is 22.7. The molecule has 0 aliphatic carbocycles. The standard InChI is InChI=1S/C27H35N3O4S2/c1-3-34-24-13-11-23(12-14-24)28-27-30(19-8-20-33-2)26(21-35-27)22-9-15-25(16-10-22)36(31,32)29-17-6-4-5-7-18-29/h9-16,21H,3-8,17-20H2,1-2H3. The molecule has 2 aromatic carbocycles. The van der Waals surface area contributed by atoms with Gasteiger partial charge in [0.15, 0.2) is 4.80 Å². The number of benzene rings is 2. The lowest BCUT2D eigenvalue weighted by atomic mass is 10.2. The van der Waals surface area contributed by atoms with Gasteiger partial charge in [-0.05, 0) is 68.1 Å². The lowest BCUT2D eigenvalue weighted by molar-refractivity contribution is 0.190. The SMILES string of the molecule is CCOc1ccc(N=c2scc(-c3ccc(S(=O)(=O)N4CCCCCC4)cc3)n2CCCOC)cc1. The molecule has 0 bridgehead atoms. The summed E-state index contributed by atoms with van der Waals surface area (Å²) in [6, 6.07) is 15.0. The Bertz CT molecular complexity index is 1270. The number of nitrogens with zero attached hydrogens (tertiary/aromatic N) is 3. The monoisotopic (exact) mass is 529 g/mol. The molecule has 0 saturated carbocycles. The van der Waals surface area contributed by atoms with Gasteiger partial charge in [0.1, 0.15) is 5.75 Å². The first-order valence-corrected chi connectivity index (χ1v) is 14.9. The molecule has 1 saturated heterocycles. The fourth-order valence-electron chi connectivity index (χ4n) is 4.36. The lowest BCUT2D eigenvalue weighted by Gasteiger charge is -2.20. The number of ether oxygens (including phenoxy) is 2. The Balaban J connectivity index is 1.63. The van der Waals surface area contributed by atoms with Crippen LogP contribution >= 0.6 is 11.3 Å². The Morgan fingerprint density at radius 2 is 1.67 bits per heavy atom. The topological polar surface area (TPSA) is 73.1 Å². The summed E-state index contributed by atoms with van der Waals surface area (Å²) < 4.78 is 41.0. The molecular weight excluding hydrogens is 494 g/mol. The summed E-state index contributed by atoms with van der Waals surface area (Å²) in [5, 5.41) is 2.08. The molecule has 0 radical (unpaired) electrons. The van der Waals surface area contributed by atoms with Crippen LogP contribution in [-0.4, -0.2) is 50.7 Å². The molecule has 1 fully saturated rings. The van der Waals surface area contributed by atoms with Crippen molar-refractivity contribution in [2.24, 2.45) is 4.99 Å². The van der Waals surface area contributed by atoms with Gasteiger partial charge < -0.3 is 14.0 Å². The number of aromatic nitrogens is 1. The van der Waals surface area contributed by atoms with Gasteiger partial charge in [-0.15, -0.1) is 11.3 Å². The van der Waals surface area contributed by atoms with Crippen LogP contribution in [0, 0.1) is 0 Å². The second-order valence-electron chi connectivity index (χ2n) is 8.78. The largest absolute Gasteiger partial charge is 0.494 e. The van der Waals surface area contributed by atoms with Crippen molar-refractivity contribution in [1.82, 2.24) is 8.87 Å². The third-order valence-corrected chi connectivity index (χ3v) is 9.03. The second-order valence-corrected chi connectivity index (χ2v) is 11.6. The quantitative estimate of drug-likeness (QED) is 0.328. The van der Waals surface area contributed by atoms with E-state index in [2.05, 4.69) is 9.95 Å². The Labute approximate surface area is 218 Å². The highest BCUT2D eigenvalue weighted by Gasteiger charge is 2.25. The van der Waals surface area contributed by atoms with Crippen LogP contribution in [0.3, 0.4) is 0 Å². The van der Waals surface area contributed by atoms with Crippen molar-refractivity contribution in [2.75, 3.05) is 33.4 Å². The van der Waals surface area contributed by atoms with Crippen LogP contribution in [0.25, 0.3) is 11.3 Å². The van der Waals surface area contributed by atoms with Crippen molar-refractivity contribution < 1.29 is 17.9 Å². The first kappa shape index (κ1) is 26.6. The highest BCUT2D eigenvalue weighted by atomic mass is 32.2. The first-order valence-electron chi connectivity index (χ1n) is 12.6. The molecule has 3 aromatic rings. The van der Waals surface area contributed by atoms with Crippen LogP contribution in [0.1, 0.15) is 39.0 Å². The van der Waals surface area contributed by atoms with E-state index in [9.17, 15) is 8.42 Å². The van der Waals surface area contributed by atoms with E-state index in [1.165, 1.54) is 0 Å². The average molecular weight is 530 g/mol.